The molecule has 1 aromatic heterocycles. The summed E-state index contributed by atoms with van der Waals surface area (Å²) in [6, 6.07) is 3.93. The summed E-state index contributed by atoms with van der Waals surface area (Å²) in [5.74, 6) is -0.391. The maximum Gasteiger partial charge on any atom is 0.341 e. The van der Waals surface area contributed by atoms with Crippen LogP contribution in [0.3, 0.4) is 0 Å². The van der Waals surface area contributed by atoms with E-state index >= 15 is 0 Å². The van der Waals surface area contributed by atoms with Gasteiger partial charge in [0, 0.05) is 42.7 Å². The van der Waals surface area contributed by atoms with E-state index in [0.717, 1.165) is 38.0 Å². The first-order valence-corrected chi connectivity index (χ1v) is 10.1. The van der Waals surface area contributed by atoms with Crippen molar-refractivity contribution in [2.75, 3.05) is 18.0 Å². The second kappa shape index (κ2) is 6.36. The highest BCUT2D eigenvalue weighted by Gasteiger charge is 2.38. The molecule has 2 aliphatic carbocycles. The van der Waals surface area contributed by atoms with Gasteiger partial charge in [-0.25, -0.2) is 4.79 Å². The van der Waals surface area contributed by atoms with Gasteiger partial charge in [0.1, 0.15) is 5.56 Å². The molecule has 0 bridgehead atoms. The number of carboxylic acid groups (broad SMARTS) is 1. The Bertz CT molecular complexity index is 1070. The second-order valence-electron chi connectivity index (χ2n) is 8.17. The third-order valence-electron chi connectivity index (χ3n) is 6.38. The highest BCUT2D eigenvalue weighted by molar-refractivity contribution is 6.38. The molecule has 146 valence electrons. The minimum absolute atomic E-state index is 0.155. The first-order chi connectivity index (χ1) is 13.5. The van der Waals surface area contributed by atoms with Gasteiger partial charge in [-0.1, -0.05) is 23.8 Å². The quantitative estimate of drug-likeness (QED) is 0.774. The van der Waals surface area contributed by atoms with Gasteiger partial charge in [0.15, 0.2) is 0 Å². The topological polar surface area (TPSA) is 88.6 Å². The largest absolute Gasteiger partial charge is 0.477 e. The number of nitrogens with zero attached hydrogens (tertiary/aromatic N) is 2. The molecule has 3 atom stereocenters. The number of nitrogens with two attached hydrogens (primary N) is 1. The van der Waals surface area contributed by atoms with E-state index in [9.17, 15) is 14.7 Å². The van der Waals surface area contributed by atoms with Gasteiger partial charge in [-0.05, 0) is 37.3 Å². The summed E-state index contributed by atoms with van der Waals surface area (Å²) in [5, 5.41) is 10.3. The number of pyridine rings is 1. The lowest BCUT2D eigenvalue weighted by molar-refractivity contribution is 0.0695. The van der Waals surface area contributed by atoms with Crippen LogP contribution in [0.1, 0.15) is 35.7 Å². The number of aromatic nitrogens is 1. The van der Waals surface area contributed by atoms with Crippen molar-refractivity contribution < 1.29 is 9.90 Å². The maximum atomic E-state index is 12.7. The zero-order chi connectivity index (χ0) is 19.6. The van der Waals surface area contributed by atoms with Crippen LogP contribution in [0.2, 0.25) is 5.02 Å². The minimum Gasteiger partial charge on any atom is -0.477 e. The molecule has 2 aromatic rings. The molecule has 1 saturated carbocycles. The van der Waals surface area contributed by atoms with Crippen molar-refractivity contribution in [2.24, 2.45) is 17.6 Å². The fourth-order valence-corrected chi connectivity index (χ4v) is 5.11. The summed E-state index contributed by atoms with van der Waals surface area (Å²) in [5.41, 5.74) is 7.17. The number of carbonyl (C=O) groups is 1. The Balaban J connectivity index is 1.65. The molecule has 0 amide bonds. The van der Waals surface area contributed by atoms with Crippen molar-refractivity contribution in [3.63, 3.8) is 0 Å². The van der Waals surface area contributed by atoms with Gasteiger partial charge in [-0.15, -0.1) is 0 Å². The van der Waals surface area contributed by atoms with E-state index < -0.39 is 11.4 Å². The van der Waals surface area contributed by atoms with Crippen molar-refractivity contribution in [2.45, 2.75) is 31.3 Å². The molecule has 5 rings (SSSR count). The lowest BCUT2D eigenvalue weighted by atomic mass is 9.83. The molecular formula is C21H22ClN3O3. The fraction of sp³-hybridized carbons (Fsp3) is 0.429. The Kier molecular flexibility index (Phi) is 4.03. The molecule has 0 radical (unpaired) electrons. The average Bonchev–Trinajstić information content (AvgIpc) is 3.41. The predicted octanol–water partition coefficient (Wildman–Crippen LogP) is 3.03. The van der Waals surface area contributed by atoms with Gasteiger partial charge < -0.3 is 20.3 Å². The van der Waals surface area contributed by atoms with E-state index in [1.165, 1.54) is 6.20 Å². The number of aromatic carboxylic acids is 1. The van der Waals surface area contributed by atoms with Crippen LogP contribution in [0.25, 0.3) is 10.9 Å². The third kappa shape index (κ3) is 2.66. The summed E-state index contributed by atoms with van der Waals surface area (Å²) in [4.78, 5) is 26.5. The third-order valence-corrected chi connectivity index (χ3v) is 6.75. The van der Waals surface area contributed by atoms with Gasteiger partial charge >= 0.3 is 5.97 Å². The number of halogens is 1. The molecular weight excluding hydrogens is 378 g/mol. The van der Waals surface area contributed by atoms with Gasteiger partial charge in [0.25, 0.3) is 0 Å². The van der Waals surface area contributed by atoms with Crippen molar-refractivity contribution in [3.8, 4) is 0 Å². The van der Waals surface area contributed by atoms with Gasteiger partial charge in [-0.3, -0.25) is 4.79 Å². The Morgan fingerprint density at radius 1 is 1.25 bits per heavy atom. The molecule has 1 aliphatic heterocycles. The predicted molar refractivity (Wildman–Crippen MR) is 109 cm³/mol. The van der Waals surface area contributed by atoms with E-state index in [1.807, 2.05) is 10.6 Å². The van der Waals surface area contributed by atoms with Crippen LogP contribution < -0.4 is 16.1 Å². The van der Waals surface area contributed by atoms with E-state index in [-0.39, 0.29) is 17.6 Å². The first-order valence-electron chi connectivity index (χ1n) is 9.73. The Morgan fingerprint density at radius 2 is 2.04 bits per heavy atom. The molecule has 0 spiro atoms. The smallest absolute Gasteiger partial charge is 0.341 e. The van der Waals surface area contributed by atoms with Crippen LogP contribution in [-0.2, 0) is 0 Å². The summed E-state index contributed by atoms with van der Waals surface area (Å²) < 4.78 is 1.89. The van der Waals surface area contributed by atoms with E-state index in [4.69, 9.17) is 17.3 Å². The average molecular weight is 400 g/mol. The van der Waals surface area contributed by atoms with Crippen LogP contribution in [0.5, 0.6) is 0 Å². The lowest BCUT2D eigenvalue weighted by Gasteiger charge is -2.25. The number of fused-ring (bicyclic) bond motifs is 2. The summed E-state index contributed by atoms with van der Waals surface area (Å²) in [6.45, 7) is 1.68. The van der Waals surface area contributed by atoms with Crippen LogP contribution in [0.15, 0.2) is 35.3 Å². The van der Waals surface area contributed by atoms with Gasteiger partial charge in [0.05, 0.1) is 16.2 Å². The number of hydrogen-bond donors (Lipinski definition) is 2. The van der Waals surface area contributed by atoms with Crippen LogP contribution >= 0.6 is 11.6 Å². The fourth-order valence-electron chi connectivity index (χ4n) is 4.73. The number of carboxylic acids is 1. The molecule has 6 nitrogen and oxygen atoms in total. The zero-order valence-corrected chi connectivity index (χ0v) is 16.1. The molecule has 1 saturated heterocycles. The SMILES string of the molecule is N[C@@H]1CC=C[C@@H]2CN(c3ccc4c(=O)c(C(=O)O)cn(C5CC5)c4c3Cl)C[C@@H]12. The second-order valence-corrected chi connectivity index (χ2v) is 8.55. The van der Waals surface area contributed by atoms with Crippen LogP contribution in [0.4, 0.5) is 5.69 Å². The molecule has 0 unspecified atom stereocenters. The number of rotatable bonds is 3. The molecule has 3 N–H and O–H groups in total. The summed E-state index contributed by atoms with van der Waals surface area (Å²) in [6.07, 6.45) is 8.70. The van der Waals surface area contributed by atoms with E-state index in [2.05, 4.69) is 17.1 Å². The van der Waals surface area contributed by atoms with Crippen LogP contribution in [0, 0.1) is 11.8 Å². The molecule has 2 heterocycles. The highest BCUT2D eigenvalue weighted by atomic mass is 35.5. The normalized spacial score (nSPS) is 26.6. The summed E-state index contributed by atoms with van der Waals surface area (Å²) in [7, 11) is 0. The Morgan fingerprint density at radius 3 is 2.71 bits per heavy atom. The number of hydrogen-bond acceptors (Lipinski definition) is 4. The van der Waals surface area contributed by atoms with E-state index in [1.54, 1.807) is 6.07 Å². The first kappa shape index (κ1) is 17.8. The number of benzene rings is 1. The molecule has 2 fully saturated rings. The zero-order valence-electron chi connectivity index (χ0n) is 15.3. The maximum absolute atomic E-state index is 12.7. The number of anilines is 1. The Hall–Kier alpha value is -2.31. The van der Waals surface area contributed by atoms with Crippen molar-refractivity contribution in [1.29, 1.82) is 0 Å². The molecule has 28 heavy (non-hydrogen) atoms. The monoisotopic (exact) mass is 399 g/mol. The van der Waals surface area contributed by atoms with Gasteiger partial charge in [-0.2, -0.15) is 0 Å². The highest BCUT2D eigenvalue weighted by Crippen LogP contribution is 2.43. The molecule has 7 heteroatoms. The van der Waals surface area contributed by atoms with Crippen molar-refractivity contribution in [3.05, 3.63) is 51.3 Å². The Labute approximate surface area is 167 Å². The van der Waals surface area contributed by atoms with Crippen molar-refractivity contribution >= 4 is 34.2 Å². The summed E-state index contributed by atoms with van der Waals surface area (Å²) >= 11 is 6.84. The van der Waals surface area contributed by atoms with Crippen LogP contribution in [-0.4, -0.2) is 34.8 Å². The molecule has 1 aromatic carbocycles. The minimum atomic E-state index is -1.20. The van der Waals surface area contributed by atoms with Gasteiger partial charge in [0.2, 0.25) is 5.43 Å². The van der Waals surface area contributed by atoms with Crippen molar-refractivity contribution in [1.82, 2.24) is 4.57 Å². The van der Waals surface area contributed by atoms with E-state index in [0.29, 0.717) is 27.8 Å². The molecule has 3 aliphatic rings. The standard InChI is InChI=1S/C21H22ClN3O3/c22-18-17(24-8-11-2-1-3-16(23)14(11)9-24)7-6-13-19(18)25(12-4-5-12)10-15(20(13)26)21(27)28/h1-2,6-7,10-12,14,16H,3-5,8-9,23H2,(H,27,28)/t11-,14-,16-/m1/s1. The lowest BCUT2D eigenvalue weighted by Crippen LogP contribution is -2.36.